The zero-order valence-electron chi connectivity index (χ0n) is 15.5. The normalized spacial score (nSPS) is 12.0. The summed E-state index contributed by atoms with van der Waals surface area (Å²) in [4.78, 5) is 17.0. The van der Waals surface area contributed by atoms with E-state index in [-0.39, 0.29) is 11.2 Å². The maximum Gasteiger partial charge on any atom is 0.237 e. The van der Waals surface area contributed by atoms with Gasteiger partial charge in [-0.25, -0.2) is 4.98 Å². The lowest BCUT2D eigenvalue weighted by Gasteiger charge is -2.14. The molecule has 0 radical (unpaired) electrons. The van der Waals surface area contributed by atoms with Gasteiger partial charge >= 0.3 is 0 Å². The van der Waals surface area contributed by atoms with Crippen LogP contribution in [0.3, 0.4) is 0 Å². The number of hydrogen-bond acceptors (Lipinski definition) is 3. The Balaban J connectivity index is 1.74. The Morgan fingerprint density at radius 2 is 1.77 bits per heavy atom. The lowest BCUT2D eigenvalue weighted by molar-refractivity contribution is -0.115. The van der Waals surface area contributed by atoms with Gasteiger partial charge in [0.15, 0.2) is 5.16 Å². The van der Waals surface area contributed by atoms with E-state index in [2.05, 4.69) is 42.3 Å². The largest absolute Gasteiger partial charge is 0.325 e. The van der Waals surface area contributed by atoms with Crippen LogP contribution in [0.4, 0.5) is 5.69 Å². The van der Waals surface area contributed by atoms with Gasteiger partial charge in [-0.2, -0.15) is 0 Å². The van der Waals surface area contributed by atoms with Crippen molar-refractivity contribution in [3.8, 4) is 5.69 Å². The highest BCUT2D eigenvalue weighted by Crippen LogP contribution is 2.27. The van der Waals surface area contributed by atoms with Crippen molar-refractivity contribution >= 4 is 23.4 Å². The second kappa shape index (κ2) is 7.79. The Kier molecular flexibility index (Phi) is 5.47. The highest BCUT2D eigenvalue weighted by molar-refractivity contribution is 8.00. The predicted octanol–water partition coefficient (Wildman–Crippen LogP) is 4.92. The van der Waals surface area contributed by atoms with Crippen LogP contribution in [0.1, 0.15) is 23.6 Å². The summed E-state index contributed by atoms with van der Waals surface area (Å²) >= 11 is 1.45. The first-order chi connectivity index (χ1) is 12.4. The van der Waals surface area contributed by atoms with Crippen molar-refractivity contribution in [2.24, 2.45) is 0 Å². The second-order valence-corrected chi connectivity index (χ2v) is 7.79. The Morgan fingerprint density at radius 3 is 2.46 bits per heavy atom. The number of carbonyl (C=O) groups excluding carboxylic acids is 1. The van der Waals surface area contributed by atoms with E-state index in [0.717, 1.165) is 16.5 Å². The van der Waals surface area contributed by atoms with Gasteiger partial charge < -0.3 is 5.32 Å². The number of thioether (sulfide) groups is 1. The summed E-state index contributed by atoms with van der Waals surface area (Å²) in [5, 5.41) is 3.51. The quantitative estimate of drug-likeness (QED) is 0.653. The molecule has 0 aliphatic carbocycles. The molecular weight excluding hydrogens is 342 g/mol. The molecule has 0 bridgehead atoms. The molecule has 1 atom stereocenters. The van der Waals surface area contributed by atoms with Crippen molar-refractivity contribution in [2.75, 3.05) is 5.32 Å². The van der Waals surface area contributed by atoms with E-state index < -0.39 is 0 Å². The van der Waals surface area contributed by atoms with Crippen molar-refractivity contribution in [3.63, 3.8) is 0 Å². The Hall–Kier alpha value is -2.53. The van der Waals surface area contributed by atoms with E-state index in [1.807, 2.05) is 48.9 Å². The van der Waals surface area contributed by atoms with Crippen LogP contribution in [0.25, 0.3) is 5.69 Å². The number of rotatable bonds is 5. The van der Waals surface area contributed by atoms with Crippen molar-refractivity contribution in [1.29, 1.82) is 0 Å². The molecule has 0 unspecified atom stereocenters. The highest BCUT2D eigenvalue weighted by atomic mass is 32.2. The molecule has 0 saturated carbocycles. The zero-order chi connectivity index (χ0) is 18.7. The van der Waals surface area contributed by atoms with Crippen LogP contribution in [0.5, 0.6) is 0 Å². The van der Waals surface area contributed by atoms with Gasteiger partial charge in [-0.05, 0) is 51.5 Å². The van der Waals surface area contributed by atoms with Gasteiger partial charge in [0.05, 0.1) is 10.9 Å². The van der Waals surface area contributed by atoms with Crippen LogP contribution in [0, 0.1) is 20.8 Å². The molecule has 1 heterocycles. The smallest absolute Gasteiger partial charge is 0.237 e. The molecule has 26 heavy (non-hydrogen) atoms. The van der Waals surface area contributed by atoms with Gasteiger partial charge in [-0.1, -0.05) is 47.2 Å². The molecule has 0 fully saturated rings. The van der Waals surface area contributed by atoms with Crippen molar-refractivity contribution in [3.05, 3.63) is 71.5 Å². The number of amides is 1. The van der Waals surface area contributed by atoms with Gasteiger partial charge in [0.1, 0.15) is 0 Å². The Labute approximate surface area is 158 Å². The maximum atomic E-state index is 12.5. The summed E-state index contributed by atoms with van der Waals surface area (Å²) in [5.41, 5.74) is 5.47. The Bertz CT molecular complexity index is 915. The molecule has 5 heteroatoms. The van der Waals surface area contributed by atoms with Crippen LogP contribution in [0.15, 0.2) is 60.0 Å². The second-order valence-electron chi connectivity index (χ2n) is 6.49. The van der Waals surface area contributed by atoms with E-state index in [9.17, 15) is 4.79 Å². The number of benzene rings is 2. The average molecular weight is 366 g/mol. The minimum atomic E-state index is -0.261. The molecule has 2 aromatic carbocycles. The maximum absolute atomic E-state index is 12.5. The molecule has 0 aliphatic rings. The third-order valence-electron chi connectivity index (χ3n) is 4.19. The van der Waals surface area contributed by atoms with Gasteiger partial charge in [0.2, 0.25) is 5.91 Å². The third kappa shape index (κ3) is 4.17. The van der Waals surface area contributed by atoms with E-state index >= 15 is 0 Å². The average Bonchev–Trinajstić information content (AvgIpc) is 3.04. The third-order valence-corrected chi connectivity index (χ3v) is 5.27. The minimum Gasteiger partial charge on any atom is -0.325 e. The van der Waals surface area contributed by atoms with Crippen molar-refractivity contribution in [1.82, 2.24) is 9.55 Å². The van der Waals surface area contributed by atoms with Gasteiger partial charge in [0.25, 0.3) is 0 Å². The summed E-state index contributed by atoms with van der Waals surface area (Å²) in [7, 11) is 0. The molecule has 1 N–H and O–H groups in total. The Morgan fingerprint density at radius 1 is 1.08 bits per heavy atom. The van der Waals surface area contributed by atoms with Crippen molar-refractivity contribution in [2.45, 2.75) is 38.1 Å². The summed E-state index contributed by atoms with van der Waals surface area (Å²) in [5.74, 6) is -0.0333. The van der Waals surface area contributed by atoms with Crippen LogP contribution in [-0.4, -0.2) is 20.7 Å². The number of imidazole rings is 1. The van der Waals surface area contributed by atoms with Crippen molar-refractivity contribution < 1.29 is 4.79 Å². The fourth-order valence-corrected chi connectivity index (χ4v) is 3.61. The molecule has 1 amide bonds. The molecule has 3 rings (SSSR count). The van der Waals surface area contributed by atoms with Crippen LogP contribution >= 0.6 is 11.8 Å². The number of aryl methyl sites for hydroxylation is 3. The topological polar surface area (TPSA) is 46.9 Å². The highest BCUT2D eigenvalue weighted by Gasteiger charge is 2.18. The summed E-state index contributed by atoms with van der Waals surface area (Å²) in [6, 6.07) is 14.1. The monoisotopic (exact) mass is 365 g/mol. The van der Waals surface area contributed by atoms with Gasteiger partial charge in [0, 0.05) is 18.1 Å². The standard InChI is InChI=1S/C21H23N3OS/c1-14-5-8-18(9-6-14)23-20(25)17(4)26-21-22-11-12-24(21)19-10-7-15(2)13-16(19)3/h5-13,17H,1-4H3,(H,23,25)/t17-/m0/s1. The molecule has 4 nitrogen and oxygen atoms in total. The number of nitrogens with zero attached hydrogens (tertiary/aromatic N) is 2. The van der Waals surface area contributed by atoms with E-state index in [1.54, 1.807) is 6.20 Å². The molecular formula is C21H23N3OS. The minimum absolute atomic E-state index is 0.0333. The molecule has 0 spiro atoms. The fraction of sp³-hybridized carbons (Fsp3) is 0.238. The number of nitrogens with one attached hydrogen (secondary N) is 1. The van der Waals surface area contributed by atoms with E-state index in [0.29, 0.717) is 0 Å². The molecule has 1 aromatic heterocycles. The first-order valence-corrected chi connectivity index (χ1v) is 9.47. The number of carbonyl (C=O) groups is 1. The number of anilines is 1. The SMILES string of the molecule is Cc1ccc(NC(=O)[C@H](C)Sc2nccn2-c2ccc(C)cc2C)cc1. The lowest BCUT2D eigenvalue weighted by Crippen LogP contribution is -2.22. The summed E-state index contributed by atoms with van der Waals surface area (Å²) in [6.07, 6.45) is 3.71. The van der Waals surface area contributed by atoms with Crippen LogP contribution in [0.2, 0.25) is 0 Å². The molecule has 3 aromatic rings. The summed E-state index contributed by atoms with van der Waals surface area (Å²) in [6.45, 7) is 8.09. The lowest BCUT2D eigenvalue weighted by atomic mass is 10.1. The first-order valence-electron chi connectivity index (χ1n) is 8.59. The van der Waals surface area contributed by atoms with E-state index in [1.165, 1.54) is 28.5 Å². The van der Waals surface area contributed by atoms with Gasteiger partial charge in [-0.15, -0.1) is 0 Å². The van der Waals surface area contributed by atoms with Crippen LogP contribution < -0.4 is 5.32 Å². The molecule has 0 aliphatic heterocycles. The van der Waals surface area contributed by atoms with Crippen LogP contribution in [-0.2, 0) is 4.79 Å². The number of aromatic nitrogens is 2. The predicted molar refractivity (Wildman–Crippen MR) is 108 cm³/mol. The molecule has 0 saturated heterocycles. The van der Waals surface area contributed by atoms with E-state index in [4.69, 9.17) is 0 Å². The zero-order valence-corrected chi connectivity index (χ0v) is 16.3. The summed E-state index contributed by atoms with van der Waals surface area (Å²) < 4.78 is 2.04. The fourth-order valence-electron chi connectivity index (χ4n) is 2.73. The first kappa shape index (κ1) is 18.3. The number of hydrogen-bond donors (Lipinski definition) is 1. The van der Waals surface area contributed by atoms with Gasteiger partial charge in [-0.3, -0.25) is 9.36 Å². The molecule has 134 valence electrons.